The summed E-state index contributed by atoms with van der Waals surface area (Å²) >= 11 is 0. The Morgan fingerprint density at radius 3 is 2.59 bits per heavy atom. The van der Waals surface area contributed by atoms with Crippen LogP contribution in [0.1, 0.15) is 33.1 Å². The first kappa shape index (κ1) is 21.6. The molecular formula is C15H31ClN2O4. The monoisotopic (exact) mass is 338 g/mol. The highest BCUT2D eigenvalue weighted by molar-refractivity contribution is 5.85. The van der Waals surface area contributed by atoms with Gasteiger partial charge in [-0.2, -0.15) is 0 Å². The van der Waals surface area contributed by atoms with E-state index in [0.29, 0.717) is 13.2 Å². The summed E-state index contributed by atoms with van der Waals surface area (Å²) in [6, 6.07) is 0.140. The molecule has 3 atom stereocenters. The number of amides is 1. The van der Waals surface area contributed by atoms with Crippen LogP contribution in [0.25, 0.3) is 0 Å². The first-order valence-electron chi connectivity index (χ1n) is 7.78. The SMILES string of the molecule is CC(C)OCCOCC(O)CN(C)C(=O)C1CCC(N)C1.Cl. The molecule has 0 radical (unpaired) electrons. The average Bonchev–Trinajstić information content (AvgIpc) is 2.83. The molecule has 0 aliphatic heterocycles. The molecule has 132 valence electrons. The number of ether oxygens (including phenoxy) is 2. The van der Waals surface area contributed by atoms with Gasteiger partial charge in [0.05, 0.1) is 32.0 Å². The molecule has 3 unspecified atom stereocenters. The van der Waals surface area contributed by atoms with Gasteiger partial charge in [-0.3, -0.25) is 4.79 Å². The van der Waals surface area contributed by atoms with Crippen molar-refractivity contribution < 1.29 is 19.4 Å². The van der Waals surface area contributed by atoms with Crippen LogP contribution in [0, 0.1) is 5.92 Å². The Bertz CT molecular complexity index is 318. The van der Waals surface area contributed by atoms with Gasteiger partial charge in [0.25, 0.3) is 0 Å². The fourth-order valence-electron chi connectivity index (χ4n) is 2.57. The lowest BCUT2D eigenvalue weighted by molar-refractivity contribution is -0.135. The zero-order valence-corrected chi connectivity index (χ0v) is 14.7. The van der Waals surface area contributed by atoms with E-state index in [2.05, 4.69) is 0 Å². The number of aliphatic hydroxyl groups excluding tert-OH is 1. The molecule has 0 bridgehead atoms. The van der Waals surface area contributed by atoms with E-state index in [-0.39, 0.29) is 49.5 Å². The molecule has 1 amide bonds. The van der Waals surface area contributed by atoms with E-state index in [9.17, 15) is 9.90 Å². The maximum absolute atomic E-state index is 12.2. The van der Waals surface area contributed by atoms with E-state index in [1.807, 2.05) is 13.8 Å². The molecule has 0 heterocycles. The maximum atomic E-state index is 12.2. The Morgan fingerprint density at radius 1 is 1.36 bits per heavy atom. The number of nitrogens with two attached hydrogens (primary N) is 1. The number of nitrogens with zero attached hydrogens (tertiary/aromatic N) is 1. The van der Waals surface area contributed by atoms with Crippen molar-refractivity contribution in [1.29, 1.82) is 0 Å². The van der Waals surface area contributed by atoms with Gasteiger partial charge < -0.3 is 25.2 Å². The van der Waals surface area contributed by atoms with Gasteiger partial charge in [-0.1, -0.05) is 0 Å². The summed E-state index contributed by atoms with van der Waals surface area (Å²) < 4.78 is 10.7. The fourth-order valence-corrected chi connectivity index (χ4v) is 2.57. The molecule has 0 saturated heterocycles. The van der Waals surface area contributed by atoms with E-state index in [1.54, 1.807) is 11.9 Å². The molecule has 1 aliphatic rings. The highest BCUT2D eigenvalue weighted by Gasteiger charge is 2.30. The maximum Gasteiger partial charge on any atom is 0.225 e. The second kappa shape index (κ2) is 11.2. The number of halogens is 1. The molecular weight excluding hydrogens is 308 g/mol. The number of rotatable bonds is 9. The minimum absolute atomic E-state index is 0. The summed E-state index contributed by atoms with van der Waals surface area (Å²) in [4.78, 5) is 13.8. The van der Waals surface area contributed by atoms with E-state index >= 15 is 0 Å². The second-order valence-electron chi connectivity index (χ2n) is 6.14. The normalized spacial score (nSPS) is 22.5. The number of carbonyl (C=O) groups is 1. The van der Waals surface area contributed by atoms with Gasteiger partial charge >= 0.3 is 0 Å². The molecule has 0 spiro atoms. The number of hydrogen-bond acceptors (Lipinski definition) is 5. The Hall–Kier alpha value is -0.400. The van der Waals surface area contributed by atoms with Gasteiger partial charge in [0.2, 0.25) is 5.91 Å². The third kappa shape index (κ3) is 8.29. The first-order valence-corrected chi connectivity index (χ1v) is 7.78. The largest absolute Gasteiger partial charge is 0.389 e. The van der Waals surface area contributed by atoms with Crippen molar-refractivity contribution in [2.45, 2.75) is 51.4 Å². The summed E-state index contributed by atoms with van der Waals surface area (Å²) in [5, 5.41) is 9.89. The fraction of sp³-hybridized carbons (Fsp3) is 0.933. The lowest BCUT2D eigenvalue weighted by Crippen LogP contribution is -2.39. The van der Waals surface area contributed by atoms with Crippen molar-refractivity contribution in [3.63, 3.8) is 0 Å². The van der Waals surface area contributed by atoms with Crippen LogP contribution >= 0.6 is 12.4 Å². The van der Waals surface area contributed by atoms with Crippen LogP contribution in [0.3, 0.4) is 0 Å². The van der Waals surface area contributed by atoms with Gasteiger partial charge in [-0.05, 0) is 33.1 Å². The lowest BCUT2D eigenvalue weighted by atomic mass is 10.1. The quantitative estimate of drug-likeness (QED) is 0.607. The first-order chi connectivity index (χ1) is 9.90. The molecule has 22 heavy (non-hydrogen) atoms. The predicted octanol–water partition coefficient (Wildman–Crippen LogP) is 0.796. The van der Waals surface area contributed by atoms with E-state index in [0.717, 1.165) is 19.3 Å². The molecule has 1 fully saturated rings. The highest BCUT2D eigenvalue weighted by atomic mass is 35.5. The van der Waals surface area contributed by atoms with Gasteiger partial charge in [-0.25, -0.2) is 0 Å². The zero-order chi connectivity index (χ0) is 15.8. The molecule has 6 nitrogen and oxygen atoms in total. The van der Waals surface area contributed by atoms with Crippen molar-refractivity contribution in [2.24, 2.45) is 11.7 Å². The van der Waals surface area contributed by atoms with Crippen LogP contribution in [0.4, 0.5) is 0 Å². The molecule has 0 aromatic rings. The van der Waals surface area contributed by atoms with Crippen molar-refractivity contribution in [3.8, 4) is 0 Å². The molecule has 1 aliphatic carbocycles. The van der Waals surface area contributed by atoms with E-state index in [4.69, 9.17) is 15.2 Å². The van der Waals surface area contributed by atoms with E-state index < -0.39 is 6.10 Å². The lowest BCUT2D eigenvalue weighted by Gasteiger charge is -2.23. The van der Waals surface area contributed by atoms with Gasteiger partial charge in [0, 0.05) is 25.6 Å². The Labute approximate surface area is 139 Å². The number of aliphatic hydroxyl groups is 1. The summed E-state index contributed by atoms with van der Waals surface area (Å²) in [6.07, 6.45) is 2.02. The summed E-state index contributed by atoms with van der Waals surface area (Å²) in [6.45, 7) is 5.39. The zero-order valence-electron chi connectivity index (χ0n) is 13.9. The van der Waals surface area contributed by atoms with Crippen LogP contribution in [0.5, 0.6) is 0 Å². The Kier molecular flexibility index (Phi) is 11.0. The van der Waals surface area contributed by atoms with Crippen LogP contribution in [-0.2, 0) is 14.3 Å². The van der Waals surface area contributed by atoms with E-state index in [1.165, 1.54) is 0 Å². The highest BCUT2D eigenvalue weighted by Crippen LogP contribution is 2.25. The summed E-state index contributed by atoms with van der Waals surface area (Å²) in [7, 11) is 1.72. The molecule has 0 aromatic carbocycles. The number of hydrogen-bond donors (Lipinski definition) is 2. The summed E-state index contributed by atoms with van der Waals surface area (Å²) in [5.41, 5.74) is 5.83. The van der Waals surface area contributed by atoms with Crippen molar-refractivity contribution in [2.75, 3.05) is 33.4 Å². The number of carbonyl (C=O) groups excluding carboxylic acids is 1. The summed E-state index contributed by atoms with van der Waals surface area (Å²) in [5.74, 6) is 0.0858. The molecule has 7 heteroatoms. The minimum atomic E-state index is -0.673. The van der Waals surface area contributed by atoms with Crippen molar-refractivity contribution >= 4 is 18.3 Å². The number of likely N-dealkylation sites (N-methyl/N-ethyl adjacent to an activating group) is 1. The second-order valence-corrected chi connectivity index (χ2v) is 6.14. The molecule has 1 saturated carbocycles. The molecule has 0 aromatic heterocycles. The van der Waals surface area contributed by atoms with Gasteiger partial charge in [0.15, 0.2) is 0 Å². The third-order valence-corrected chi connectivity index (χ3v) is 3.67. The topological polar surface area (TPSA) is 85.0 Å². The molecule has 3 N–H and O–H groups in total. The average molecular weight is 339 g/mol. The standard InChI is InChI=1S/C15H30N2O4.ClH/c1-11(2)21-7-6-20-10-14(18)9-17(3)15(19)12-4-5-13(16)8-12;/h11-14,18H,4-10,16H2,1-3H3;1H. The van der Waals surface area contributed by atoms with Crippen LogP contribution in [0.2, 0.25) is 0 Å². The third-order valence-electron chi connectivity index (χ3n) is 3.67. The van der Waals surface area contributed by atoms with Crippen LogP contribution < -0.4 is 5.73 Å². The van der Waals surface area contributed by atoms with Crippen LogP contribution in [-0.4, -0.2) is 67.6 Å². The predicted molar refractivity (Wildman–Crippen MR) is 88.1 cm³/mol. The minimum Gasteiger partial charge on any atom is -0.389 e. The Balaban J connectivity index is 0.00000441. The smallest absolute Gasteiger partial charge is 0.225 e. The Morgan fingerprint density at radius 2 is 2.05 bits per heavy atom. The van der Waals surface area contributed by atoms with Crippen molar-refractivity contribution in [1.82, 2.24) is 4.90 Å². The van der Waals surface area contributed by atoms with Gasteiger partial charge in [-0.15, -0.1) is 12.4 Å². The molecule has 1 rings (SSSR count). The van der Waals surface area contributed by atoms with Crippen LogP contribution in [0.15, 0.2) is 0 Å². The van der Waals surface area contributed by atoms with Crippen molar-refractivity contribution in [3.05, 3.63) is 0 Å². The van der Waals surface area contributed by atoms with Gasteiger partial charge in [0.1, 0.15) is 0 Å².